The van der Waals surface area contributed by atoms with E-state index in [-0.39, 0.29) is 37.1 Å². The van der Waals surface area contributed by atoms with Crippen LogP contribution in [0, 0.1) is 0 Å². The summed E-state index contributed by atoms with van der Waals surface area (Å²) >= 11 is 1.85. The van der Waals surface area contributed by atoms with Gasteiger partial charge in [-0.25, -0.2) is 0 Å². The summed E-state index contributed by atoms with van der Waals surface area (Å²) < 4.78 is 39.6. The van der Waals surface area contributed by atoms with E-state index in [1.54, 1.807) is 0 Å². The Morgan fingerprint density at radius 1 is 1.33 bits per heavy atom. The number of thioether (sulfide) groups is 1. The number of ether oxygens (including phenoxy) is 1. The van der Waals surface area contributed by atoms with E-state index in [0.29, 0.717) is 5.96 Å². The zero-order valence-electron chi connectivity index (χ0n) is 9.78. The molecule has 0 spiro atoms. The minimum atomic E-state index is -4.28. The van der Waals surface area contributed by atoms with E-state index in [1.807, 2.05) is 16.7 Å². The van der Waals surface area contributed by atoms with Gasteiger partial charge >= 0.3 is 6.18 Å². The minimum absolute atomic E-state index is 0. The van der Waals surface area contributed by atoms with Crippen molar-refractivity contribution in [1.29, 1.82) is 0 Å². The zero-order chi connectivity index (χ0) is 12.7. The molecule has 1 aliphatic rings. The van der Waals surface area contributed by atoms with Crippen molar-refractivity contribution in [3.8, 4) is 0 Å². The number of nitrogens with zero attached hydrogens (tertiary/aromatic N) is 2. The van der Waals surface area contributed by atoms with Crippen molar-refractivity contribution < 1.29 is 17.9 Å². The molecule has 0 unspecified atom stereocenters. The number of hydrogen-bond donors (Lipinski definition) is 1. The molecule has 18 heavy (non-hydrogen) atoms. The molecule has 0 atom stereocenters. The second kappa shape index (κ2) is 9.08. The molecule has 0 aromatic heterocycles. The first-order valence-electron chi connectivity index (χ1n) is 5.26. The Morgan fingerprint density at radius 3 is 2.50 bits per heavy atom. The van der Waals surface area contributed by atoms with Gasteiger partial charge in [-0.3, -0.25) is 4.99 Å². The second-order valence-electron chi connectivity index (χ2n) is 3.51. The maximum absolute atomic E-state index is 11.7. The van der Waals surface area contributed by atoms with Crippen LogP contribution in [-0.4, -0.2) is 61.4 Å². The predicted octanol–water partition coefficient (Wildman–Crippen LogP) is 1.55. The summed E-state index contributed by atoms with van der Waals surface area (Å²) in [6.07, 6.45) is -4.28. The number of aliphatic imine (C=N–C) groups is 1. The third-order valence-electron chi connectivity index (χ3n) is 2.11. The number of guanidine groups is 1. The van der Waals surface area contributed by atoms with Crippen molar-refractivity contribution in [2.45, 2.75) is 6.18 Å². The smallest absolute Gasteiger partial charge is 0.370 e. The average molecular weight is 399 g/mol. The number of hydrogen-bond acceptors (Lipinski definition) is 3. The highest BCUT2D eigenvalue weighted by molar-refractivity contribution is 14.0. The molecule has 0 radical (unpaired) electrons. The van der Waals surface area contributed by atoms with Gasteiger partial charge in [0.05, 0.1) is 13.2 Å². The van der Waals surface area contributed by atoms with Gasteiger partial charge in [-0.1, -0.05) is 0 Å². The number of nitrogens with two attached hydrogens (primary N) is 1. The van der Waals surface area contributed by atoms with Gasteiger partial charge in [0, 0.05) is 24.6 Å². The Balaban J connectivity index is 0.00000289. The Labute approximate surface area is 126 Å². The zero-order valence-corrected chi connectivity index (χ0v) is 12.9. The highest BCUT2D eigenvalue weighted by atomic mass is 127. The van der Waals surface area contributed by atoms with Crippen molar-refractivity contribution in [3.63, 3.8) is 0 Å². The van der Waals surface area contributed by atoms with E-state index in [1.165, 1.54) is 0 Å². The highest BCUT2D eigenvalue weighted by Crippen LogP contribution is 2.14. The summed E-state index contributed by atoms with van der Waals surface area (Å²) in [7, 11) is 0. The maximum atomic E-state index is 11.7. The molecule has 1 heterocycles. The Morgan fingerprint density at radius 2 is 1.94 bits per heavy atom. The Kier molecular flexibility index (Phi) is 9.13. The highest BCUT2D eigenvalue weighted by Gasteiger charge is 2.27. The molecule has 0 aliphatic carbocycles. The van der Waals surface area contributed by atoms with Crippen LogP contribution < -0.4 is 5.73 Å². The van der Waals surface area contributed by atoms with E-state index in [0.717, 1.165) is 24.6 Å². The van der Waals surface area contributed by atoms with Gasteiger partial charge in [0.25, 0.3) is 0 Å². The van der Waals surface area contributed by atoms with Gasteiger partial charge in [-0.15, -0.1) is 24.0 Å². The molecule has 1 saturated heterocycles. The van der Waals surface area contributed by atoms with Crippen LogP contribution in [-0.2, 0) is 4.74 Å². The fraction of sp³-hybridized carbons (Fsp3) is 0.889. The topological polar surface area (TPSA) is 50.9 Å². The van der Waals surface area contributed by atoms with Crippen molar-refractivity contribution >= 4 is 41.7 Å². The molecule has 0 saturated carbocycles. The maximum Gasteiger partial charge on any atom is 0.411 e. The van der Waals surface area contributed by atoms with Crippen LogP contribution >= 0.6 is 35.7 Å². The van der Waals surface area contributed by atoms with Crippen LogP contribution in [0.15, 0.2) is 4.99 Å². The second-order valence-corrected chi connectivity index (χ2v) is 4.73. The van der Waals surface area contributed by atoms with Gasteiger partial charge in [-0.05, 0) is 0 Å². The monoisotopic (exact) mass is 399 g/mol. The summed E-state index contributed by atoms with van der Waals surface area (Å²) in [5.41, 5.74) is 5.71. The van der Waals surface area contributed by atoms with Gasteiger partial charge in [0.15, 0.2) is 5.96 Å². The lowest BCUT2D eigenvalue weighted by molar-refractivity contribution is -0.173. The van der Waals surface area contributed by atoms with E-state index in [2.05, 4.69) is 9.73 Å². The molecule has 1 aliphatic heterocycles. The summed E-state index contributed by atoms with van der Waals surface area (Å²) in [5.74, 6) is 2.39. The summed E-state index contributed by atoms with van der Waals surface area (Å²) in [4.78, 5) is 5.92. The largest absolute Gasteiger partial charge is 0.411 e. The predicted molar refractivity (Wildman–Crippen MR) is 77.7 cm³/mol. The first-order valence-corrected chi connectivity index (χ1v) is 6.41. The lowest BCUT2D eigenvalue weighted by Gasteiger charge is -2.27. The van der Waals surface area contributed by atoms with Crippen LogP contribution in [0.2, 0.25) is 0 Å². The van der Waals surface area contributed by atoms with Gasteiger partial charge in [-0.2, -0.15) is 24.9 Å². The van der Waals surface area contributed by atoms with Crippen LogP contribution in [0.25, 0.3) is 0 Å². The molecule has 2 N–H and O–H groups in total. The molecule has 0 bridgehead atoms. The molecular formula is C9H17F3IN3OS. The molecule has 1 rings (SSSR count). The van der Waals surface area contributed by atoms with Crippen molar-refractivity contribution in [3.05, 3.63) is 0 Å². The first-order chi connectivity index (χ1) is 7.99. The molecule has 0 aromatic rings. The lowest BCUT2D eigenvalue weighted by Crippen LogP contribution is -2.42. The molecule has 9 heteroatoms. The summed E-state index contributed by atoms with van der Waals surface area (Å²) in [6, 6.07) is 0. The first kappa shape index (κ1) is 18.1. The molecule has 0 amide bonds. The fourth-order valence-corrected chi connectivity index (χ4v) is 2.21. The molecule has 1 fully saturated rings. The van der Waals surface area contributed by atoms with E-state index >= 15 is 0 Å². The summed E-state index contributed by atoms with van der Waals surface area (Å²) in [6.45, 7) is 0.532. The van der Waals surface area contributed by atoms with Crippen LogP contribution in [0.1, 0.15) is 0 Å². The SMILES string of the molecule is I.NC(=NCCOCC(F)(F)F)N1CCSCC1. The van der Waals surface area contributed by atoms with Gasteiger partial charge in [0.2, 0.25) is 0 Å². The molecule has 0 aromatic carbocycles. The Bertz CT molecular complexity index is 260. The van der Waals surface area contributed by atoms with Crippen LogP contribution in [0.5, 0.6) is 0 Å². The van der Waals surface area contributed by atoms with Crippen molar-refractivity contribution in [2.24, 2.45) is 10.7 Å². The summed E-state index contributed by atoms with van der Waals surface area (Å²) in [5, 5.41) is 0. The third kappa shape index (κ3) is 8.25. The van der Waals surface area contributed by atoms with E-state index in [9.17, 15) is 13.2 Å². The quantitative estimate of drug-likeness (QED) is 0.338. The molecule has 108 valence electrons. The van der Waals surface area contributed by atoms with Crippen molar-refractivity contribution in [2.75, 3.05) is 44.4 Å². The Hall–Kier alpha value is 0.100. The lowest BCUT2D eigenvalue weighted by atomic mass is 10.5. The standard InChI is InChI=1S/C9H16F3N3OS.HI/c10-9(11,12)7-16-4-1-14-8(13)15-2-5-17-6-3-15;/h1-7H2,(H2,13,14);1H. The van der Waals surface area contributed by atoms with Crippen LogP contribution in [0.3, 0.4) is 0 Å². The van der Waals surface area contributed by atoms with Gasteiger partial charge < -0.3 is 15.4 Å². The van der Waals surface area contributed by atoms with E-state index < -0.39 is 12.8 Å². The third-order valence-corrected chi connectivity index (χ3v) is 3.05. The van der Waals surface area contributed by atoms with Crippen molar-refractivity contribution in [1.82, 2.24) is 4.90 Å². The van der Waals surface area contributed by atoms with Crippen LogP contribution in [0.4, 0.5) is 13.2 Å². The van der Waals surface area contributed by atoms with Gasteiger partial charge in [0.1, 0.15) is 6.61 Å². The number of alkyl halides is 3. The minimum Gasteiger partial charge on any atom is -0.370 e. The average Bonchev–Trinajstić information content (AvgIpc) is 2.28. The van der Waals surface area contributed by atoms with E-state index in [4.69, 9.17) is 5.73 Å². The molecular weight excluding hydrogens is 382 g/mol. The molecule has 4 nitrogen and oxygen atoms in total. The number of rotatable bonds is 4. The normalized spacial score (nSPS) is 17.5. The fourth-order valence-electron chi connectivity index (χ4n) is 1.31. The number of halogens is 4.